The normalized spacial score (nSPS) is 12.0. The molecule has 0 heterocycles. The van der Waals surface area contributed by atoms with E-state index < -0.39 is 0 Å². The Labute approximate surface area is 105 Å². The van der Waals surface area contributed by atoms with E-state index >= 15 is 0 Å². The van der Waals surface area contributed by atoms with Crippen LogP contribution in [0.4, 0.5) is 0 Å². The van der Waals surface area contributed by atoms with Crippen molar-refractivity contribution in [2.24, 2.45) is 5.41 Å². The molecular formula is C15H23NO. The molecule has 1 aromatic rings. The number of nitrogens with one attached hydrogen (secondary N) is 1. The Kier molecular flexibility index (Phi) is 5.23. The van der Waals surface area contributed by atoms with Crippen molar-refractivity contribution < 1.29 is 4.74 Å². The molecule has 17 heavy (non-hydrogen) atoms. The molecule has 2 nitrogen and oxygen atoms in total. The van der Waals surface area contributed by atoms with Crippen LogP contribution in [-0.4, -0.2) is 20.2 Å². The molecule has 1 rings (SSSR count). The molecule has 0 aliphatic carbocycles. The summed E-state index contributed by atoms with van der Waals surface area (Å²) in [6.07, 6.45) is 4.10. The molecule has 94 valence electrons. The minimum Gasteiger partial charge on any atom is -0.492 e. The second-order valence-electron chi connectivity index (χ2n) is 5.02. The summed E-state index contributed by atoms with van der Waals surface area (Å²) in [6.45, 7) is 8.06. The number of rotatable bonds is 6. The predicted molar refractivity (Wildman–Crippen MR) is 74.4 cm³/mol. The van der Waals surface area contributed by atoms with Crippen molar-refractivity contribution in [1.29, 1.82) is 0 Å². The first kappa shape index (κ1) is 13.8. The van der Waals surface area contributed by atoms with E-state index in [1.54, 1.807) is 0 Å². The highest BCUT2D eigenvalue weighted by molar-refractivity contribution is 5.56. The smallest absolute Gasteiger partial charge is 0.126 e. The summed E-state index contributed by atoms with van der Waals surface area (Å²) in [5.74, 6) is 0.953. The van der Waals surface area contributed by atoms with Crippen molar-refractivity contribution in [3.63, 3.8) is 0 Å². The van der Waals surface area contributed by atoms with Gasteiger partial charge in [0.25, 0.3) is 0 Å². The molecule has 0 radical (unpaired) electrons. The Balaban J connectivity index is 2.68. The lowest BCUT2D eigenvalue weighted by Crippen LogP contribution is -2.32. The first-order chi connectivity index (χ1) is 8.09. The molecule has 0 fully saturated rings. The van der Waals surface area contributed by atoms with Gasteiger partial charge in [-0.3, -0.25) is 0 Å². The van der Waals surface area contributed by atoms with E-state index in [4.69, 9.17) is 4.74 Å². The molecule has 0 saturated heterocycles. The second kappa shape index (κ2) is 6.45. The summed E-state index contributed by atoms with van der Waals surface area (Å²) in [5.41, 5.74) is 1.27. The number of benzene rings is 1. The van der Waals surface area contributed by atoms with Gasteiger partial charge in [0.2, 0.25) is 0 Å². The van der Waals surface area contributed by atoms with Gasteiger partial charge in [-0.15, -0.1) is 0 Å². The quantitative estimate of drug-likeness (QED) is 0.813. The molecule has 0 bridgehead atoms. The fraction of sp³-hybridized carbons (Fsp3) is 0.467. The van der Waals surface area contributed by atoms with Gasteiger partial charge < -0.3 is 10.1 Å². The van der Waals surface area contributed by atoms with Gasteiger partial charge in [-0.25, -0.2) is 0 Å². The standard InChI is InChI=1S/C15H23NO/c1-5-8-13-9-6-7-10-14(13)17-12-15(2,3)11-16-4/h5-10,16H,11-12H2,1-4H3. The summed E-state index contributed by atoms with van der Waals surface area (Å²) in [4.78, 5) is 0. The molecular weight excluding hydrogens is 210 g/mol. The Morgan fingerprint density at radius 3 is 2.65 bits per heavy atom. The van der Waals surface area contributed by atoms with Crippen LogP contribution >= 0.6 is 0 Å². The van der Waals surface area contributed by atoms with Crippen LogP contribution in [0.3, 0.4) is 0 Å². The van der Waals surface area contributed by atoms with Gasteiger partial charge in [0.05, 0.1) is 6.61 Å². The average molecular weight is 233 g/mol. The van der Waals surface area contributed by atoms with E-state index in [1.807, 2.05) is 38.2 Å². The Bertz CT molecular complexity index is 369. The largest absolute Gasteiger partial charge is 0.492 e. The molecule has 0 amide bonds. The van der Waals surface area contributed by atoms with Crippen LogP contribution < -0.4 is 10.1 Å². The van der Waals surface area contributed by atoms with Crippen molar-refractivity contribution >= 4 is 6.08 Å². The maximum Gasteiger partial charge on any atom is 0.126 e. The first-order valence-electron chi connectivity index (χ1n) is 6.08. The van der Waals surface area contributed by atoms with E-state index in [0.29, 0.717) is 6.61 Å². The SMILES string of the molecule is CC=Cc1ccccc1OCC(C)(C)CNC. The second-order valence-corrected chi connectivity index (χ2v) is 5.02. The summed E-state index contributed by atoms with van der Waals surface area (Å²) in [7, 11) is 1.97. The maximum absolute atomic E-state index is 5.92. The van der Waals surface area contributed by atoms with E-state index in [0.717, 1.165) is 17.9 Å². The average Bonchev–Trinajstić information content (AvgIpc) is 2.28. The zero-order valence-corrected chi connectivity index (χ0v) is 11.3. The van der Waals surface area contributed by atoms with Crippen LogP contribution in [0.25, 0.3) is 6.08 Å². The van der Waals surface area contributed by atoms with Crippen LogP contribution in [0.1, 0.15) is 26.3 Å². The fourth-order valence-corrected chi connectivity index (χ4v) is 1.73. The predicted octanol–water partition coefficient (Wildman–Crippen LogP) is 3.34. The van der Waals surface area contributed by atoms with Crippen molar-refractivity contribution in [3.8, 4) is 5.75 Å². The molecule has 0 aliphatic rings. The van der Waals surface area contributed by atoms with Crippen molar-refractivity contribution in [2.45, 2.75) is 20.8 Å². The van der Waals surface area contributed by atoms with E-state index in [2.05, 4.69) is 31.3 Å². The van der Waals surface area contributed by atoms with Crippen LogP contribution in [0, 0.1) is 5.41 Å². The molecule has 2 heteroatoms. The van der Waals surface area contributed by atoms with Crippen LogP contribution in [0.5, 0.6) is 5.75 Å². The van der Waals surface area contributed by atoms with Crippen LogP contribution in [-0.2, 0) is 0 Å². The van der Waals surface area contributed by atoms with Crippen LogP contribution in [0.2, 0.25) is 0 Å². The monoisotopic (exact) mass is 233 g/mol. The molecule has 0 saturated carbocycles. The van der Waals surface area contributed by atoms with E-state index in [9.17, 15) is 0 Å². The van der Waals surface area contributed by atoms with Crippen molar-refractivity contribution in [3.05, 3.63) is 35.9 Å². The Morgan fingerprint density at radius 1 is 1.29 bits per heavy atom. The van der Waals surface area contributed by atoms with Gasteiger partial charge in [0.1, 0.15) is 5.75 Å². The third kappa shape index (κ3) is 4.61. The Hall–Kier alpha value is -1.28. The van der Waals surface area contributed by atoms with Gasteiger partial charge in [-0.2, -0.15) is 0 Å². The lowest BCUT2D eigenvalue weighted by Gasteiger charge is -2.24. The summed E-state index contributed by atoms with van der Waals surface area (Å²) in [6, 6.07) is 8.12. The van der Waals surface area contributed by atoms with Gasteiger partial charge in [0.15, 0.2) is 0 Å². The third-order valence-corrected chi connectivity index (χ3v) is 2.54. The minimum absolute atomic E-state index is 0.137. The number of hydrogen-bond acceptors (Lipinski definition) is 2. The summed E-state index contributed by atoms with van der Waals surface area (Å²) >= 11 is 0. The Morgan fingerprint density at radius 2 is 2.00 bits per heavy atom. The molecule has 0 aromatic heterocycles. The lowest BCUT2D eigenvalue weighted by atomic mass is 9.95. The molecule has 1 aromatic carbocycles. The zero-order valence-electron chi connectivity index (χ0n) is 11.3. The summed E-state index contributed by atoms with van der Waals surface area (Å²) in [5, 5.41) is 3.19. The van der Waals surface area contributed by atoms with Crippen LogP contribution in [0.15, 0.2) is 30.3 Å². The molecule has 0 atom stereocenters. The molecule has 0 aliphatic heterocycles. The lowest BCUT2D eigenvalue weighted by molar-refractivity contribution is 0.179. The van der Waals surface area contributed by atoms with Gasteiger partial charge in [-0.1, -0.05) is 44.2 Å². The highest BCUT2D eigenvalue weighted by atomic mass is 16.5. The fourth-order valence-electron chi connectivity index (χ4n) is 1.73. The number of allylic oxidation sites excluding steroid dienone is 1. The van der Waals surface area contributed by atoms with Gasteiger partial charge >= 0.3 is 0 Å². The number of hydrogen-bond donors (Lipinski definition) is 1. The topological polar surface area (TPSA) is 21.3 Å². The van der Waals surface area contributed by atoms with E-state index in [1.165, 1.54) is 0 Å². The highest BCUT2D eigenvalue weighted by Gasteiger charge is 2.18. The number of para-hydroxylation sites is 1. The molecule has 0 spiro atoms. The zero-order chi connectivity index (χ0) is 12.7. The molecule has 0 unspecified atom stereocenters. The summed E-state index contributed by atoms with van der Waals surface area (Å²) < 4.78 is 5.92. The van der Waals surface area contributed by atoms with Gasteiger partial charge in [-0.05, 0) is 20.0 Å². The van der Waals surface area contributed by atoms with Gasteiger partial charge in [0, 0.05) is 17.5 Å². The highest BCUT2D eigenvalue weighted by Crippen LogP contribution is 2.22. The van der Waals surface area contributed by atoms with Crippen molar-refractivity contribution in [1.82, 2.24) is 5.32 Å². The minimum atomic E-state index is 0.137. The van der Waals surface area contributed by atoms with Crippen molar-refractivity contribution in [2.75, 3.05) is 20.2 Å². The third-order valence-electron chi connectivity index (χ3n) is 2.54. The van der Waals surface area contributed by atoms with E-state index in [-0.39, 0.29) is 5.41 Å². The molecule has 1 N–H and O–H groups in total. The number of ether oxygens (including phenoxy) is 1. The maximum atomic E-state index is 5.92. The first-order valence-corrected chi connectivity index (χ1v) is 6.08.